The van der Waals surface area contributed by atoms with Crippen LogP contribution in [0.15, 0.2) is 48.5 Å². The van der Waals surface area contributed by atoms with Gasteiger partial charge in [0.2, 0.25) is 0 Å². The Balaban J connectivity index is 1.51. The van der Waals surface area contributed by atoms with Crippen LogP contribution < -0.4 is 0 Å². The Labute approximate surface area is 163 Å². The maximum absolute atomic E-state index is 12.8. The number of imide groups is 1. The second kappa shape index (κ2) is 7.56. The third-order valence-corrected chi connectivity index (χ3v) is 5.21. The molecule has 2 aliphatic rings. The monoisotopic (exact) mass is 378 g/mol. The first-order chi connectivity index (χ1) is 13.5. The number of benzene rings is 2. The number of carbonyl (C=O) groups is 3. The summed E-state index contributed by atoms with van der Waals surface area (Å²) in [5.74, 6) is -0.767. The molecule has 1 saturated heterocycles. The highest BCUT2D eigenvalue weighted by Gasteiger charge is 2.36. The van der Waals surface area contributed by atoms with Gasteiger partial charge in [-0.25, -0.2) is 0 Å². The lowest BCUT2D eigenvalue weighted by Crippen LogP contribution is -2.44. The van der Waals surface area contributed by atoms with Crippen molar-refractivity contribution in [3.05, 3.63) is 70.8 Å². The highest BCUT2D eigenvalue weighted by Crippen LogP contribution is 2.25. The van der Waals surface area contributed by atoms with Gasteiger partial charge in [0.1, 0.15) is 0 Å². The van der Waals surface area contributed by atoms with Crippen LogP contribution in [0.4, 0.5) is 0 Å². The molecule has 0 N–H and O–H groups in total. The van der Waals surface area contributed by atoms with E-state index in [0.29, 0.717) is 49.4 Å². The van der Waals surface area contributed by atoms with Gasteiger partial charge in [-0.2, -0.15) is 0 Å². The van der Waals surface area contributed by atoms with Crippen LogP contribution in [0.5, 0.6) is 0 Å². The van der Waals surface area contributed by atoms with Gasteiger partial charge in [-0.15, -0.1) is 0 Å². The highest BCUT2D eigenvalue weighted by atomic mass is 16.5. The average molecular weight is 378 g/mol. The fraction of sp³-hybridized carbons (Fsp3) is 0.318. The third-order valence-electron chi connectivity index (χ3n) is 5.21. The van der Waals surface area contributed by atoms with E-state index in [0.717, 1.165) is 5.56 Å². The Morgan fingerprint density at radius 3 is 2.57 bits per heavy atom. The number of fused-ring (bicyclic) bond motifs is 1. The highest BCUT2D eigenvalue weighted by molar-refractivity contribution is 6.22. The van der Waals surface area contributed by atoms with Gasteiger partial charge in [0.15, 0.2) is 0 Å². The van der Waals surface area contributed by atoms with E-state index in [-0.39, 0.29) is 23.8 Å². The molecule has 2 aliphatic heterocycles. The third kappa shape index (κ3) is 3.43. The molecule has 0 bridgehead atoms. The first-order valence-electron chi connectivity index (χ1n) is 9.49. The molecule has 3 amide bonds. The van der Waals surface area contributed by atoms with Gasteiger partial charge in [-0.1, -0.05) is 30.3 Å². The number of ether oxygens (including phenoxy) is 1. The van der Waals surface area contributed by atoms with E-state index in [9.17, 15) is 14.4 Å². The van der Waals surface area contributed by atoms with Gasteiger partial charge >= 0.3 is 0 Å². The summed E-state index contributed by atoms with van der Waals surface area (Å²) >= 11 is 0. The Kier molecular flexibility index (Phi) is 4.96. The largest absolute Gasteiger partial charge is 0.375 e. The van der Waals surface area contributed by atoms with Crippen LogP contribution in [0.25, 0.3) is 0 Å². The van der Waals surface area contributed by atoms with Crippen LogP contribution in [0, 0.1) is 0 Å². The van der Waals surface area contributed by atoms with Crippen LogP contribution >= 0.6 is 0 Å². The molecule has 6 nitrogen and oxygen atoms in total. The van der Waals surface area contributed by atoms with Crippen molar-refractivity contribution in [2.45, 2.75) is 19.4 Å². The van der Waals surface area contributed by atoms with Crippen molar-refractivity contribution in [1.29, 1.82) is 0 Å². The number of hydrogen-bond acceptors (Lipinski definition) is 4. The van der Waals surface area contributed by atoms with Crippen molar-refractivity contribution in [2.24, 2.45) is 0 Å². The summed E-state index contributed by atoms with van der Waals surface area (Å²) in [4.78, 5) is 41.2. The molecule has 1 atom stereocenters. The average Bonchev–Trinajstić information content (AvgIpc) is 2.96. The molecule has 4 rings (SSSR count). The van der Waals surface area contributed by atoms with E-state index in [2.05, 4.69) is 0 Å². The van der Waals surface area contributed by atoms with Crippen molar-refractivity contribution < 1.29 is 19.1 Å². The lowest BCUT2D eigenvalue weighted by Gasteiger charge is -2.31. The van der Waals surface area contributed by atoms with E-state index in [1.165, 1.54) is 4.90 Å². The van der Waals surface area contributed by atoms with Crippen LogP contribution in [-0.2, 0) is 11.2 Å². The minimum atomic E-state index is -0.332. The van der Waals surface area contributed by atoms with Crippen molar-refractivity contribution in [3.63, 3.8) is 0 Å². The summed E-state index contributed by atoms with van der Waals surface area (Å²) in [5.41, 5.74) is 2.17. The molecule has 2 aromatic rings. The first-order valence-corrected chi connectivity index (χ1v) is 9.49. The predicted molar refractivity (Wildman–Crippen MR) is 103 cm³/mol. The van der Waals surface area contributed by atoms with E-state index in [4.69, 9.17) is 4.74 Å². The van der Waals surface area contributed by atoms with Crippen LogP contribution in [0.3, 0.4) is 0 Å². The quantitative estimate of drug-likeness (QED) is 0.766. The van der Waals surface area contributed by atoms with Gasteiger partial charge in [0, 0.05) is 25.2 Å². The molecule has 144 valence electrons. The zero-order valence-electron chi connectivity index (χ0n) is 15.8. The maximum atomic E-state index is 12.8. The van der Waals surface area contributed by atoms with Gasteiger partial charge in [-0.05, 0) is 37.1 Å². The van der Waals surface area contributed by atoms with Crippen LogP contribution in [0.2, 0.25) is 0 Å². The standard InChI is InChI=1S/C22H22N2O4/c1-15-14-23(11-12-28-15)20(25)17-7-8-18-19(13-17)22(27)24(21(18)26)10-9-16-5-3-2-4-6-16/h2-8,13,15H,9-12,14H2,1H3. The number of nitrogens with zero attached hydrogens (tertiary/aromatic N) is 2. The zero-order valence-corrected chi connectivity index (χ0v) is 15.8. The van der Waals surface area contributed by atoms with Crippen LogP contribution in [0.1, 0.15) is 43.6 Å². The zero-order chi connectivity index (χ0) is 19.7. The number of amides is 3. The van der Waals surface area contributed by atoms with Crippen molar-refractivity contribution >= 4 is 17.7 Å². The Hall–Kier alpha value is -2.99. The van der Waals surface area contributed by atoms with E-state index >= 15 is 0 Å². The minimum Gasteiger partial charge on any atom is -0.375 e. The Morgan fingerprint density at radius 2 is 1.82 bits per heavy atom. The molecule has 0 aliphatic carbocycles. The predicted octanol–water partition coefficient (Wildman–Crippen LogP) is 2.39. The van der Waals surface area contributed by atoms with E-state index in [1.54, 1.807) is 23.1 Å². The molecular formula is C22H22N2O4. The smallest absolute Gasteiger partial charge is 0.261 e. The number of rotatable bonds is 4. The normalized spacial score (nSPS) is 19.1. The summed E-state index contributed by atoms with van der Waals surface area (Å²) < 4.78 is 5.48. The molecule has 0 aromatic heterocycles. The molecule has 1 fully saturated rings. The molecule has 2 heterocycles. The summed E-state index contributed by atoms with van der Waals surface area (Å²) in [5, 5.41) is 0. The van der Waals surface area contributed by atoms with Gasteiger partial charge in [0.05, 0.1) is 23.8 Å². The maximum Gasteiger partial charge on any atom is 0.261 e. The summed E-state index contributed by atoms with van der Waals surface area (Å²) in [6.45, 7) is 3.79. The number of carbonyl (C=O) groups excluding carboxylic acids is 3. The van der Waals surface area contributed by atoms with Gasteiger partial charge in [-0.3, -0.25) is 19.3 Å². The van der Waals surface area contributed by atoms with E-state index in [1.807, 2.05) is 37.3 Å². The molecule has 0 radical (unpaired) electrons. The summed E-state index contributed by atoms with van der Waals surface area (Å²) in [6, 6.07) is 14.5. The molecule has 28 heavy (non-hydrogen) atoms. The van der Waals surface area contributed by atoms with Gasteiger partial charge < -0.3 is 9.64 Å². The first kappa shape index (κ1) is 18.4. The topological polar surface area (TPSA) is 66.9 Å². The Morgan fingerprint density at radius 1 is 1.07 bits per heavy atom. The van der Waals surface area contributed by atoms with E-state index < -0.39 is 0 Å². The molecule has 0 spiro atoms. The lowest BCUT2D eigenvalue weighted by atomic mass is 10.0. The Bertz CT molecular complexity index is 925. The molecule has 6 heteroatoms. The van der Waals surface area contributed by atoms with Crippen LogP contribution in [-0.4, -0.2) is 59.9 Å². The fourth-order valence-corrected chi connectivity index (χ4v) is 3.70. The van der Waals surface area contributed by atoms with Crippen molar-refractivity contribution in [1.82, 2.24) is 9.80 Å². The SMILES string of the molecule is CC1CN(C(=O)c2ccc3c(c2)C(=O)N(CCc2ccccc2)C3=O)CCO1. The molecule has 0 saturated carbocycles. The van der Waals surface area contributed by atoms with Gasteiger partial charge in [0.25, 0.3) is 17.7 Å². The second-order valence-corrected chi connectivity index (χ2v) is 7.19. The molecular weight excluding hydrogens is 356 g/mol. The molecule has 2 aromatic carbocycles. The number of morpholine rings is 1. The number of hydrogen-bond donors (Lipinski definition) is 0. The fourth-order valence-electron chi connectivity index (χ4n) is 3.70. The summed E-state index contributed by atoms with van der Waals surface area (Å²) in [6.07, 6.45) is 0.591. The summed E-state index contributed by atoms with van der Waals surface area (Å²) in [7, 11) is 0. The molecule has 1 unspecified atom stereocenters. The van der Waals surface area contributed by atoms with Crippen molar-refractivity contribution in [3.8, 4) is 0 Å². The second-order valence-electron chi connectivity index (χ2n) is 7.19. The minimum absolute atomic E-state index is 0.0104. The van der Waals surface area contributed by atoms with Crippen molar-refractivity contribution in [2.75, 3.05) is 26.2 Å². The lowest BCUT2D eigenvalue weighted by molar-refractivity contribution is -0.0124.